The molecule has 0 spiro atoms. The fourth-order valence-corrected chi connectivity index (χ4v) is 3.11. The van der Waals surface area contributed by atoms with Crippen LogP contribution >= 0.6 is 0 Å². The zero-order chi connectivity index (χ0) is 11.9. The summed E-state index contributed by atoms with van der Waals surface area (Å²) in [7, 11) is 0. The monoisotopic (exact) mass is 239 g/mol. The number of likely N-dealkylation sites (tertiary alicyclic amines) is 2. The van der Waals surface area contributed by atoms with Gasteiger partial charge < -0.3 is 15.1 Å². The third-order valence-corrected chi connectivity index (χ3v) is 4.28. The first-order valence-electron chi connectivity index (χ1n) is 7.54. The first-order chi connectivity index (χ1) is 8.38. The highest BCUT2D eigenvalue weighted by atomic mass is 15.1. The Morgan fingerprint density at radius 1 is 1.12 bits per heavy atom. The van der Waals surface area contributed by atoms with Crippen LogP contribution in [0, 0.1) is 5.92 Å². The molecule has 1 unspecified atom stereocenters. The molecule has 2 saturated heterocycles. The third kappa shape index (κ3) is 4.57. The molecule has 0 aromatic carbocycles. The van der Waals surface area contributed by atoms with Crippen molar-refractivity contribution in [2.24, 2.45) is 5.92 Å². The molecule has 0 amide bonds. The Balaban J connectivity index is 1.43. The summed E-state index contributed by atoms with van der Waals surface area (Å²) in [5, 5.41) is 3.64. The predicted octanol–water partition coefficient (Wildman–Crippen LogP) is 1.40. The van der Waals surface area contributed by atoms with Gasteiger partial charge >= 0.3 is 0 Å². The smallest absolute Gasteiger partial charge is 0.00222 e. The second-order valence-corrected chi connectivity index (χ2v) is 5.65. The van der Waals surface area contributed by atoms with Gasteiger partial charge in [0.1, 0.15) is 0 Å². The van der Waals surface area contributed by atoms with Crippen LogP contribution in [-0.2, 0) is 0 Å². The number of hydrogen-bond donors (Lipinski definition) is 1. The maximum absolute atomic E-state index is 3.64. The van der Waals surface area contributed by atoms with E-state index < -0.39 is 0 Å². The topological polar surface area (TPSA) is 18.5 Å². The van der Waals surface area contributed by atoms with Gasteiger partial charge in [0.2, 0.25) is 0 Å². The molecular weight excluding hydrogens is 210 g/mol. The minimum atomic E-state index is 0.904. The number of rotatable bonds is 7. The van der Waals surface area contributed by atoms with Crippen molar-refractivity contribution in [1.82, 2.24) is 15.1 Å². The highest BCUT2D eigenvalue weighted by Crippen LogP contribution is 2.14. The molecule has 0 aliphatic carbocycles. The molecule has 0 saturated carbocycles. The van der Waals surface area contributed by atoms with E-state index in [1.165, 1.54) is 78.0 Å². The van der Waals surface area contributed by atoms with Gasteiger partial charge in [0.05, 0.1) is 0 Å². The molecule has 2 heterocycles. The van der Waals surface area contributed by atoms with Crippen LogP contribution in [0.25, 0.3) is 0 Å². The van der Waals surface area contributed by atoms with Crippen LogP contribution in [0.5, 0.6) is 0 Å². The molecular formula is C14H29N3. The van der Waals surface area contributed by atoms with Gasteiger partial charge in [0.25, 0.3) is 0 Å². The Labute approximate surface area is 107 Å². The van der Waals surface area contributed by atoms with Crippen LogP contribution in [0.15, 0.2) is 0 Å². The Morgan fingerprint density at radius 3 is 2.65 bits per heavy atom. The van der Waals surface area contributed by atoms with Crippen LogP contribution in [0.2, 0.25) is 0 Å². The first-order valence-corrected chi connectivity index (χ1v) is 7.54. The van der Waals surface area contributed by atoms with Crippen molar-refractivity contribution >= 4 is 0 Å². The van der Waals surface area contributed by atoms with Gasteiger partial charge in [-0.2, -0.15) is 0 Å². The van der Waals surface area contributed by atoms with Crippen LogP contribution in [0.3, 0.4) is 0 Å². The summed E-state index contributed by atoms with van der Waals surface area (Å²) >= 11 is 0. The van der Waals surface area contributed by atoms with Gasteiger partial charge in [-0.3, -0.25) is 0 Å². The summed E-state index contributed by atoms with van der Waals surface area (Å²) in [6.45, 7) is 12.6. The van der Waals surface area contributed by atoms with Gasteiger partial charge in [-0.05, 0) is 77.4 Å². The quantitative estimate of drug-likeness (QED) is 0.678. The van der Waals surface area contributed by atoms with E-state index >= 15 is 0 Å². The van der Waals surface area contributed by atoms with Gasteiger partial charge in [-0.1, -0.05) is 6.92 Å². The van der Waals surface area contributed by atoms with E-state index in [1.54, 1.807) is 0 Å². The molecule has 2 aliphatic rings. The first kappa shape index (κ1) is 13.3. The molecule has 0 bridgehead atoms. The molecule has 2 fully saturated rings. The van der Waals surface area contributed by atoms with Crippen molar-refractivity contribution in [2.45, 2.75) is 32.6 Å². The lowest BCUT2D eigenvalue weighted by Gasteiger charge is -2.16. The van der Waals surface area contributed by atoms with Crippen LogP contribution in [0.1, 0.15) is 32.6 Å². The van der Waals surface area contributed by atoms with E-state index in [2.05, 4.69) is 22.0 Å². The van der Waals surface area contributed by atoms with Crippen molar-refractivity contribution < 1.29 is 0 Å². The minimum absolute atomic E-state index is 0.904. The van der Waals surface area contributed by atoms with Crippen LogP contribution in [-0.4, -0.2) is 62.2 Å². The van der Waals surface area contributed by atoms with Gasteiger partial charge in [0, 0.05) is 6.54 Å². The number of hydrogen-bond acceptors (Lipinski definition) is 3. The van der Waals surface area contributed by atoms with E-state index in [1.807, 2.05) is 0 Å². The summed E-state index contributed by atoms with van der Waals surface area (Å²) in [5.41, 5.74) is 0. The summed E-state index contributed by atoms with van der Waals surface area (Å²) in [5.74, 6) is 0.904. The van der Waals surface area contributed by atoms with E-state index in [0.717, 1.165) is 5.92 Å². The van der Waals surface area contributed by atoms with Crippen LogP contribution in [0.4, 0.5) is 0 Å². The molecule has 2 rings (SSSR count). The average molecular weight is 239 g/mol. The van der Waals surface area contributed by atoms with Crippen molar-refractivity contribution in [3.8, 4) is 0 Å². The van der Waals surface area contributed by atoms with Crippen molar-refractivity contribution in [3.63, 3.8) is 0 Å². The molecule has 3 heteroatoms. The van der Waals surface area contributed by atoms with Crippen LogP contribution < -0.4 is 5.32 Å². The summed E-state index contributed by atoms with van der Waals surface area (Å²) in [6.07, 6.45) is 5.56. The number of nitrogens with zero attached hydrogens (tertiary/aromatic N) is 2. The third-order valence-electron chi connectivity index (χ3n) is 4.28. The van der Waals surface area contributed by atoms with E-state index in [4.69, 9.17) is 0 Å². The second kappa shape index (κ2) is 7.34. The van der Waals surface area contributed by atoms with Crippen molar-refractivity contribution in [1.29, 1.82) is 0 Å². The fourth-order valence-electron chi connectivity index (χ4n) is 3.11. The van der Waals surface area contributed by atoms with E-state index in [-0.39, 0.29) is 0 Å². The zero-order valence-corrected chi connectivity index (χ0v) is 11.5. The number of nitrogens with one attached hydrogen (secondary N) is 1. The molecule has 3 nitrogen and oxygen atoms in total. The second-order valence-electron chi connectivity index (χ2n) is 5.65. The highest BCUT2D eigenvalue weighted by molar-refractivity contribution is 4.76. The lowest BCUT2D eigenvalue weighted by molar-refractivity contribution is 0.324. The Morgan fingerprint density at radius 2 is 1.94 bits per heavy atom. The Hall–Kier alpha value is -0.120. The largest absolute Gasteiger partial charge is 0.316 e. The zero-order valence-electron chi connectivity index (χ0n) is 11.5. The van der Waals surface area contributed by atoms with Crippen molar-refractivity contribution in [3.05, 3.63) is 0 Å². The van der Waals surface area contributed by atoms with Gasteiger partial charge in [0.15, 0.2) is 0 Å². The lowest BCUT2D eigenvalue weighted by atomic mass is 10.1. The summed E-state index contributed by atoms with van der Waals surface area (Å²) in [4.78, 5) is 5.17. The SMILES string of the molecule is CCN1CCC(CNCCCN2CCCC2)C1. The summed E-state index contributed by atoms with van der Waals surface area (Å²) < 4.78 is 0. The maximum Gasteiger partial charge on any atom is 0.00222 e. The normalized spacial score (nSPS) is 27.0. The molecule has 1 atom stereocenters. The molecule has 100 valence electrons. The average Bonchev–Trinajstić information content (AvgIpc) is 2.99. The molecule has 0 radical (unpaired) electrons. The predicted molar refractivity (Wildman–Crippen MR) is 73.4 cm³/mol. The van der Waals surface area contributed by atoms with Crippen molar-refractivity contribution in [2.75, 3.05) is 52.4 Å². The highest BCUT2D eigenvalue weighted by Gasteiger charge is 2.20. The van der Waals surface area contributed by atoms with Gasteiger partial charge in [-0.15, -0.1) is 0 Å². The van der Waals surface area contributed by atoms with E-state index in [0.29, 0.717) is 0 Å². The fraction of sp³-hybridized carbons (Fsp3) is 1.00. The Kier molecular flexibility index (Phi) is 5.75. The van der Waals surface area contributed by atoms with E-state index in [9.17, 15) is 0 Å². The Bertz CT molecular complexity index is 202. The summed E-state index contributed by atoms with van der Waals surface area (Å²) in [6, 6.07) is 0. The maximum atomic E-state index is 3.64. The standard InChI is InChI=1S/C14H29N3/c1-2-16-11-6-14(13-16)12-15-7-5-10-17-8-3-4-9-17/h14-15H,2-13H2,1H3. The van der Waals surface area contributed by atoms with Gasteiger partial charge in [-0.25, -0.2) is 0 Å². The molecule has 17 heavy (non-hydrogen) atoms. The molecule has 2 aliphatic heterocycles. The molecule has 1 N–H and O–H groups in total. The molecule has 0 aromatic heterocycles. The lowest BCUT2D eigenvalue weighted by Crippen LogP contribution is -2.29. The molecule has 0 aromatic rings. The minimum Gasteiger partial charge on any atom is -0.316 e.